The molecule has 0 heterocycles. The van der Waals surface area contributed by atoms with Gasteiger partial charge in [-0.15, -0.1) is 0 Å². The summed E-state index contributed by atoms with van der Waals surface area (Å²) >= 11 is -1.72. The van der Waals surface area contributed by atoms with Crippen LogP contribution in [-0.2, 0) is 20.4 Å². The van der Waals surface area contributed by atoms with Crippen molar-refractivity contribution in [3.63, 3.8) is 0 Å². The van der Waals surface area contributed by atoms with Crippen LogP contribution >= 0.6 is 30.1 Å². The maximum absolute atomic E-state index is 11.1. The molecule has 3 nitrogen and oxygen atoms in total. The molecule has 3 aromatic rings. The number of Topliss-reactive ketones (excluding diaryl/α,β-unsaturated/α-hetero) is 1. The third kappa shape index (κ3) is 31.2. The molecule has 262 valence electrons. The van der Waals surface area contributed by atoms with E-state index in [-0.39, 0.29) is 66.1 Å². The van der Waals surface area contributed by atoms with Crippen LogP contribution in [0.1, 0.15) is 104 Å². The number of carbonyl (C=O) groups excluding carboxylic acids is 2. The second-order valence-corrected chi connectivity index (χ2v) is 19.6. The predicted octanol–water partition coefficient (Wildman–Crippen LogP) is 7.45. The molecule has 0 aromatic heterocycles. The van der Waals surface area contributed by atoms with Crippen molar-refractivity contribution < 1.29 is 35.0 Å². The van der Waals surface area contributed by atoms with E-state index in [0.717, 1.165) is 12.0 Å². The molecule has 0 bridgehead atoms. The Morgan fingerprint density at radius 2 is 1.06 bits per heavy atom. The quantitative estimate of drug-likeness (QED) is 0.202. The van der Waals surface area contributed by atoms with Crippen molar-refractivity contribution in [1.82, 2.24) is 0 Å². The van der Waals surface area contributed by atoms with Crippen LogP contribution in [-0.4, -0.2) is 51.5 Å². The number of aliphatic hydroxyl groups is 1. The van der Waals surface area contributed by atoms with Gasteiger partial charge in [0.15, 0.2) is 23.1 Å². The Kier molecular flexibility index (Phi) is 32.5. The largest absolute Gasteiger partial charge is 1.00 e. The number of aliphatic hydroxyl groups excluding tert-OH is 1. The van der Waals surface area contributed by atoms with Gasteiger partial charge in [-0.1, -0.05) is 129 Å². The van der Waals surface area contributed by atoms with Gasteiger partial charge in [-0.05, 0) is 89.8 Å². The fourth-order valence-corrected chi connectivity index (χ4v) is 4.53. The SMILES string of the molecule is CC(=O)C=C(C)C.CC(=O)CC(C)(C)c1ccc(C)cc1.Cc1ccc(C(C)(C)CC(C)O)cc1.Cc1ccccc1.[AlH3].[Cl][Al]([Cl])[Cl].[H-].[Li+]. The Labute approximate surface area is 334 Å². The van der Waals surface area contributed by atoms with Gasteiger partial charge in [0.1, 0.15) is 5.78 Å². The number of hydrogen-bond acceptors (Lipinski definition) is 3. The molecule has 9 heteroatoms. The number of rotatable bonds is 7. The Morgan fingerprint density at radius 1 is 0.729 bits per heavy atom. The molecule has 0 spiro atoms. The van der Waals surface area contributed by atoms with E-state index in [1.807, 2.05) is 39.0 Å². The molecule has 0 fully saturated rings. The van der Waals surface area contributed by atoms with E-state index in [4.69, 9.17) is 30.1 Å². The topological polar surface area (TPSA) is 54.4 Å². The first-order chi connectivity index (χ1) is 21.1. The number of hydrogen-bond donors (Lipinski definition) is 1. The second-order valence-electron chi connectivity index (χ2n) is 13.2. The summed E-state index contributed by atoms with van der Waals surface area (Å²) in [6.45, 7) is 23.7. The minimum atomic E-state index is -1.72. The van der Waals surface area contributed by atoms with Crippen LogP contribution in [0.15, 0.2) is 90.5 Å². The Balaban J connectivity index is -0.000000173. The zero-order valence-corrected chi connectivity index (χ0v) is 34.5. The summed E-state index contributed by atoms with van der Waals surface area (Å²) in [5.74, 6) is 0.371. The molecule has 0 radical (unpaired) electrons. The van der Waals surface area contributed by atoms with E-state index in [0.29, 0.717) is 6.42 Å². The van der Waals surface area contributed by atoms with Gasteiger partial charge < -0.3 is 6.53 Å². The number of ketones is 2. The van der Waals surface area contributed by atoms with Crippen LogP contribution < -0.4 is 18.9 Å². The standard InChI is InChI=1S/C13H20O.C13H18O.C7H8.C6H10O.2Al.3ClH.Li.4H/c2*1-10-5-7-12(8-6-10)13(3,4)9-11(2)14;1-7-5-3-2-4-6-7;1-5(2)4-6(3)7;;;;;;;;;;/h5-8,11,14H,9H2,1-4H3;5-8H,9H2,1-4H3;2-6H,1H3;4H,1-3H3;;;3*1H;;;;;/q;;;;;+3;;;;+1;;;;-1/p-3. The van der Waals surface area contributed by atoms with Gasteiger partial charge in [-0.2, -0.15) is 0 Å². The van der Waals surface area contributed by atoms with Gasteiger partial charge in [-0.25, -0.2) is 30.1 Å². The summed E-state index contributed by atoms with van der Waals surface area (Å²) in [5, 5.41) is 9.40. The van der Waals surface area contributed by atoms with Crippen molar-refractivity contribution in [3.05, 3.63) is 118 Å². The molecule has 0 aliphatic rings. The number of carbonyl (C=O) groups is 2. The van der Waals surface area contributed by atoms with Gasteiger partial charge in [-0.3, -0.25) is 9.59 Å². The van der Waals surface area contributed by atoms with E-state index in [1.54, 1.807) is 19.9 Å². The maximum atomic E-state index is 11.1. The van der Waals surface area contributed by atoms with Gasteiger partial charge >= 0.3 is 30.2 Å². The maximum Gasteiger partial charge on any atom is 1.00 e. The first kappa shape index (κ1) is 54.0. The van der Waals surface area contributed by atoms with E-state index >= 15 is 0 Å². The fourth-order valence-electron chi connectivity index (χ4n) is 4.53. The van der Waals surface area contributed by atoms with Crippen molar-refractivity contribution in [1.29, 1.82) is 0 Å². The molecular formula is C39H60Al2Cl3LiO3. The number of halogens is 3. The monoisotopic (exact) mass is 742 g/mol. The molecule has 1 unspecified atom stereocenters. The minimum absolute atomic E-state index is 0. The first-order valence-corrected chi connectivity index (χ1v) is 20.7. The van der Waals surface area contributed by atoms with Crippen LogP contribution in [0.25, 0.3) is 0 Å². The summed E-state index contributed by atoms with van der Waals surface area (Å²) in [6.07, 6.45) is 2.78. The third-order valence-corrected chi connectivity index (χ3v) is 6.60. The number of aryl methyl sites for hydroxylation is 3. The van der Waals surface area contributed by atoms with Gasteiger partial charge in [0.2, 0.25) is 0 Å². The van der Waals surface area contributed by atoms with Crippen molar-refractivity contribution in [2.45, 2.75) is 113 Å². The minimum Gasteiger partial charge on any atom is -1.00 e. The van der Waals surface area contributed by atoms with E-state index in [9.17, 15) is 14.7 Å². The van der Waals surface area contributed by atoms with Crippen molar-refractivity contribution in [3.8, 4) is 0 Å². The van der Waals surface area contributed by atoms with Crippen LogP contribution in [0.2, 0.25) is 0 Å². The smallest absolute Gasteiger partial charge is 1.00 e. The molecule has 48 heavy (non-hydrogen) atoms. The van der Waals surface area contributed by atoms with Crippen molar-refractivity contribution in [2.24, 2.45) is 0 Å². The molecule has 0 aliphatic heterocycles. The molecule has 0 saturated heterocycles. The van der Waals surface area contributed by atoms with Gasteiger partial charge in [0.25, 0.3) is 0 Å². The zero-order chi connectivity index (χ0) is 36.1. The molecule has 3 aromatic carbocycles. The summed E-state index contributed by atoms with van der Waals surface area (Å²) < 4.78 is 0. The zero-order valence-electron chi connectivity index (χ0n) is 32.0. The number of allylic oxidation sites excluding steroid dienone is 2. The van der Waals surface area contributed by atoms with Crippen LogP contribution in [0, 0.1) is 20.8 Å². The molecule has 0 aliphatic carbocycles. The number of benzene rings is 3. The van der Waals surface area contributed by atoms with Gasteiger partial charge in [0.05, 0.1) is 6.10 Å². The Morgan fingerprint density at radius 3 is 1.29 bits per heavy atom. The van der Waals surface area contributed by atoms with Crippen LogP contribution in [0.5, 0.6) is 0 Å². The van der Waals surface area contributed by atoms with E-state index < -0.39 is 11.4 Å². The van der Waals surface area contributed by atoms with E-state index in [2.05, 4.69) is 109 Å². The van der Waals surface area contributed by atoms with Gasteiger partial charge in [0, 0.05) is 6.42 Å². The average Bonchev–Trinajstić information content (AvgIpc) is 2.88. The summed E-state index contributed by atoms with van der Waals surface area (Å²) in [7, 11) is 14.8. The molecule has 1 atom stereocenters. The molecule has 0 amide bonds. The normalized spacial score (nSPS) is 10.4. The average molecular weight is 744 g/mol. The van der Waals surface area contributed by atoms with Crippen molar-refractivity contribution in [2.75, 3.05) is 0 Å². The molecular weight excluding hydrogens is 684 g/mol. The third-order valence-electron chi connectivity index (χ3n) is 6.60. The second kappa shape index (κ2) is 28.9. The Bertz CT molecular complexity index is 1290. The first-order valence-electron chi connectivity index (χ1n) is 15.5. The van der Waals surface area contributed by atoms with Crippen LogP contribution in [0.4, 0.5) is 0 Å². The molecule has 0 saturated carbocycles. The molecule has 3 rings (SSSR count). The Hall–Kier alpha value is -0.768. The van der Waals surface area contributed by atoms with Crippen LogP contribution in [0.3, 0.4) is 0 Å². The summed E-state index contributed by atoms with van der Waals surface area (Å²) in [4.78, 5) is 21.3. The van der Waals surface area contributed by atoms with E-state index in [1.165, 1.54) is 27.8 Å². The predicted molar refractivity (Wildman–Crippen MR) is 216 cm³/mol. The summed E-state index contributed by atoms with van der Waals surface area (Å²) in [6, 6.07) is 27.2. The summed E-state index contributed by atoms with van der Waals surface area (Å²) in [5.41, 5.74) is 7.47. The van der Waals surface area contributed by atoms with Crippen molar-refractivity contribution >= 4 is 70.5 Å². The molecule has 1 N–H and O–H groups in total. The fraction of sp³-hybridized carbons (Fsp3) is 0.436.